The SMILES string of the molecule is CCOC(=O)c1c(N)sc(-c2ccncc2)c1-c1ccc(F)cc1. The number of benzene rings is 1. The number of thiophene rings is 1. The molecule has 4 nitrogen and oxygen atoms in total. The van der Waals surface area contributed by atoms with Crippen LogP contribution in [0.25, 0.3) is 21.6 Å². The smallest absolute Gasteiger partial charge is 0.341 e. The minimum atomic E-state index is -0.481. The summed E-state index contributed by atoms with van der Waals surface area (Å²) < 4.78 is 18.4. The number of anilines is 1. The zero-order valence-corrected chi connectivity index (χ0v) is 13.8. The number of carbonyl (C=O) groups is 1. The largest absolute Gasteiger partial charge is 0.462 e. The van der Waals surface area contributed by atoms with Crippen LogP contribution in [0.4, 0.5) is 9.39 Å². The van der Waals surface area contributed by atoms with Gasteiger partial charge in [-0.3, -0.25) is 4.98 Å². The lowest BCUT2D eigenvalue weighted by Gasteiger charge is -2.08. The molecular weight excluding hydrogens is 327 g/mol. The number of esters is 1. The second kappa shape index (κ2) is 6.80. The van der Waals surface area contributed by atoms with E-state index in [1.165, 1.54) is 23.5 Å². The molecule has 0 saturated heterocycles. The van der Waals surface area contributed by atoms with Crippen molar-refractivity contribution in [3.05, 3.63) is 60.2 Å². The molecule has 0 atom stereocenters. The van der Waals surface area contributed by atoms with E-state index in [0.29, 0.717) is 21.7 Å². The molecular formula is C18H15FN2O2S. The first kappa shape index (κ1) is 16.1. The minimum absolute atomic E-state index is 0.252. The van der Waals surface area contributed by atoms with Gasteiger partial charge in [0.15, 0.2) is 0 Å². The monoisotopic (exact) mass is 342 g/mol. The van der Waals surface area contributed by atoms with E-state index in [1.807, 2.05) is 12.1 Å². The molecule has 0 saturated carbocycles. The fourth-order valence-electron chi connectivity index (χ4n) is 2.45. The normalized spacial score (nSPS) is 10.6. The molecule has 2 heterocycles. The molecule has 3 rings (SSSR count). The number of carbonyl (C=O) groups excluding carboxylic acids is 1. The van der Waals surface area contributed by atoms with E-state index < -0.39 is 5.97 Å². The maximum atomic E-state index is 13.3. The summed E-state index contributed by atoms with van der Waals surface area (Å²) in [5, 5.41) is 0.375. The van der Waals surface area contributed by atoms with Crippen LogP contribution < -0.4 is 5.73 Å². The second-order valence-electron chi connectivity index (χ2n) is 5.01. The van der Waals surface area contributed by atoms with Gasteiger partial charge in [-0.05, 0) is 42.3 Å². The Hall–Kier alpha value is -2.73. The van der Waals surface area contributed by atoms with E-state index in [-0.39, 0.29) is 12.4 Å². The predicted molar refractivity (Wildman–Crippen MR) is 93.3 cm³/mol. The first-order valence-electron chi connectivity index (χ1n) is 7.37. The first-order chi connectivity index (χ1) is 11.6. The summed E-state index contributed by atoms with van der Waals surface area (Å²) in [5.41, 5.74) is 8.67. The number of pyridine rings is 1. The number of nitrogens with two attached hydrogens (primary N) is 1. The van der Waals surface area contributed by atoms with Gasteiger partial charge < -0.3 is 10.5 Å². The highest BCUT2D eigenvalue weighted by Gasteiger charge is 2.25. The van der Waals surface area contributed by atoms with Crippen LogP contribution in [0.2, 0.25) is 0 Å². The molecule has 0 bridgehead atoms. The Morgan fingerprint density at radius 1 is 1.17 bits per heavy atom. The molecule has 0 aliphatic carbocycles. The maximum absolute atomic E-state index is 13.3. The Bertz CT molecular complexity index is 861. The average molecular weight is 342 g/mol. The average Bonchev–Trinajstić information content (AvgIpc) is 2.94. The molecule has 24 heavy (non-hydrogen) atoms. The number of ether oxygens (including phenoxy) is 1. The molecule has 0 aliphatic heterocycles. The summed E-state index contributed by atoms with van der Waals surface area (Å²) in [4.78, 5) is 17.2. The molecule has 0 aliphatic rings. The molecule has 2 N–H and O–H groups in total. The van der Waals surface area contributed by atoms with Gasteiger partial charge in [0.05, 0.1) is 6.61 Å². The van der Waals surface area contributed by atoms with Crippen LogP contribution in [0.5, 0.6) is 0 Å². The van der Waals surface area contributed by atoms with Crippen LogP contribution in [-0.2, 0) is 4.74 Å². The molecule has 122 valence electrons. The van der Waals surface area contributed by atoms with Crippen LogP contribution in [0, 0.1) is 5.82 Å². The Morgan fingerprint density at radius 3 is 2.46 bits per heavy atom. The van der Waals surface area contributed by atoms with Crippen LogP contribution in [0.3, 0.4) is 0 Å². The third kappa shape index (κ3) is 3.00. The number of hydrogen-bond acceptors (Lipinski definition) is 5. The first-order valence-corrected chi connectivity index (χ1v) is 8.19. The van der Waals surface area contributed by atoms with Crippen LogP contribution in [-0.4, -0.2) is 17.6 Å². The van der Waals surface area contributed by atoms with Gasteiger partial charge in [-0.15, -0.1) is 11.3 Å². The molecule has 0 unspecified atom stereocenters. The number of nitrogen functional groups attached to an aromatic ring is 1. The third-order valence-electron chi connectivity index (χ3n) is 3.49. The second-order valence-corrected chi connectivity index (χ2v) is 6.06. The zero-order chi connectivity index (χ0) is 17.1. The van der Waals surface area contributed by atoms with Gasteiger partial charge in [-0.2, -0.15) is 0 Å². The molecule has 0 fully saturated rings. The molecule has 0 spiro atoms. The minimum Gasteiger partial charge on any atom is -0.462 e. The summed E-state index contributed by atoms with van der Waals surface area (Å²) in [5.74, 6) is -0.823. The van der Waals surface area contributed by atoms with Crippen molar-refractivity contribution >= 4 is 22.3 Å². The number of nitrogens with zero attached hydrogens (tertiary/aromatic N) is 1. The van der Waals surface area contributed by atoms with Gasteiger partial charge in [0, 0.05) is 22.8 Å². The lowest BCUT2D eigenvalue weighted by Crippen LogP contribution is -2.07. The van der Waals surface area contributed by atoms with Gasteiger partial charge >= 0.3 is 5.97 Å². The van der Waals surface area contributed by atoms with Crippen LogP contribution in [0.1, 0.15) is 17.3 Å². The summed E-state index contributed by atoms with van der Waals surface area (Å²) in [6.07, 6.45) is 3.34. The van der Waals surface area contributed by atoms with Gasteiger partial charge in [0.2, 0.25) is 0 Å². The van der Waals surface area contributed by atoms with E-state index >= 15 is 0 Å². The highest BCUT2D eigenvalue weighted by atomic mass is 32.1. The molecule has 0 amide bonds. The fraction of sp³-hybridized carbons (Fsp3) is 0.111. The highest BCUT2D eigenvalue weighted by molar-refractivity contribution is 7.20. The van der Waals surface area contributed by atoms with Crippen LogP contribution in [0.15, 0.2) is 48.8 Å². The van der Waals surface area contributed by atoms with E-state index in [9.17, 15) is 9.18 Å². The topological polar surface area (TPSA) is 65.2 Å². The lowest BCUT2D eigenvalue weighted by atomic mass is 9.98. The van der Waals surface area contributed by atoms with E-state index in [2.05, 4.69) is 4.98 Å². The number of rotatable bonds is 4. The Kier molecular flexibility index (Phi) is 4.57. The zero-order valence-electron chi connectivity index (χ0n) is 13.0. The summed E-state index contributed by atoms with van der Waals surface area (Å²) in [6, 6.07) is 9.65. The van der Waals surface area contributed by atoms with E-state index in [4.69, 9.17) is 10.5 Å². The molecule has 3 aromatic rings. The van der Waals surface area contributed by atoms with Crippen molar-refractivity contribution in [2.24, 2.45) is 0 Å². The fourth-order valence-corrected chi connectivity index (χ4v) is 3.54. The standard InChI is InChI=1S/C18H15FN2O2S/c1-2-23-18(22)15-14(11-3-5-13(19)6-4-11)16(24-17(15)20)12-7-9-21-10-8-12/h3-10H,2,20H2,1H3. The van der Waals surface area contributed by atoms with Gasteiger partial charge in [0.25, 0.3) is 0 Å². The Morgan fingerprint density at radius 2 is 1.83 bits per heavy atom. The Labute approximate surface area is 142 Å². The summed E-state index contributed by atoms with van der Waals surface area (Å²) >= 11 is 1.30. The molecule has 2 aromatic heterocycles. The van der Waals surface area contributed by atoms with Crippen molar-refractivity contribution in [2.45, 2.75) is 6.92 Å². The van der Waals surface area contributed by atoms with Crippen molar-refractivity contribution in [3.63, 3.8) is 0 Å². The number of halogens is 1. The van der Waals surface area contributed by atoms with Gasteiger partial charge in [-0.25, -0.2) is 9.18 Å². The van der Waals surface area contributed by atoms with Gasteiger partial charge in [0.1, 0.15) is 16.4 Å². The molecule has 0 radical (unpaired) electrons. The molecule has 1 aromatic carbocycles. The van der Waals surface area contributed by atoms with Crippen molar-refractivity contribution < 1.29 is 13.9 Å². The maximum Gasteiger partial charge on any atom is 0.341 e. The number of hydrogen-bond donors (Lipinski definition) is 1. The van der Waals surface area contributed by atoms with Crippen molar-refractivity contribution in [3.8, 4) is 21.6 Å². The molecule has 6 heteroatoms. The van der Waals surface area contributed by atoms with Crippen molar-refractivity contribution in [1.82, 2.24) is 4.98 Å². The number of aromatic nitrogens is 1. The van der Waals surface area contributed by atoms with Gasteiger partial charge in [-0.1, -0.05) is 12.1 Å². The quantitative estimate of drug-likeness (QED) is 0.715. The summed E-state index contributed by atoms with van der Waals surface area (Å²) in [6.45, 7) is 1.99. The third-order valence-corrected chi connectivity index (χ3v) is 4.56. The van der Waals surface area contributed by atoms with E-state index in [0.717, 1.165) is 10.4 Å². The lowest BCUT2D eigenvalue weighted by molar-refractivity contribution is 0.0529. The van der Waals surface area contributed by atoms with Crippen LogP contribution >= 0.6 is 11.3 Å². The highest BCUT2D eigenvalue weighted by Crippen LogP contribution is 2.44. The Balaban J connectivity index is 2.25. The van der Waals surface area contributed by atoms with Crippen molar-refractivity contribution in [1.29, 1.82) is 0 Å². The predicted octanol–water partition coefficient (Wildman–Crippen LogP) is 4.38. The van der Waals surface area contributed by atoms with Crippen molar-refractivity contribution in [2.75, 3.05) is 12.3 Å². The van der Waals surface area contributed by atoms with E-state index in [1.54, 1.807) is 31.5 Å². The summed E-state index contributed by atoms with van der Waals surface area (Å²) in [7, 11) is 0.